The van der Waals surface area contributed by atoms with Crippen molar-refractivity contribution in [3.8, 4) is 5.69 Å². The number of nitrogens with zero attached hydrogens (tertiary/aromatic N) is 6. The summed E-state index contributed by atoms with van der Waals surface area (Å²) in [5.74, 6) is 1.29. The van der Waals surface area contributed by atoms with Crippen LogP contribution < -0.4 is 10.2 Å². The molecule has 0 aliphatic carbocycles. The summed E-state index contributed by atoms with van der Waals surface area (Å²) in [6.45, 7) is 10.9. The van der Waals surface area contributed by atoms with Crippen molar-refractivity contribution in [3.63, 3.8) is 0 Å². The number of amides is 2. The summed E-state index contributed by atoms with van der Waals surface area (Å²) in [6.07, 6.45) is 3.57. The van der Waals surface area contributed by atoms with E-state index in [1.165, 1.54) is 18.2 Å². The van der Waals surface area contributed by atoms with E-state index in [0.29, 0.717) is 38.5 Å². The van der Waals surface area contributed by atoms with Crippen LogP contribution in [0.25, 0.3) is 5.69 Å². The van der Waals surface area contributed by atoms with Crippen LogP contribution in [0.15, 0.2) is 35.5 Å². The molecule has 0 unspecified atom stereocenters. The predicted molar refractivity (Wildman–Crippen MR) is 139 cm³/mol. The van der Waals surface area contributed by atoms with Gasteiger partial charge in [-0.05, 0) is 52.2 Å². The molecule has 4 rings (SSSR count). The van der Waals surface area contributed by atoms with Crippen LogP contribution in [0.4, 0.5) is 5.95 Å². The van der Waals surface area contributed by atoms with Crippen LogP contribution in [0, 0.1) is 0 Å². The first-order valence-corrected chi connectivity index (χ1v) is 13.5. The summed E-state index contributed by atoms with van der Waals surface area (Å²) < 4.78 is 2.08. The fourth-order valence-corrected chi connectivity index (χ4v) is 5.34. The van der Waals surface area contributed by atoms with Crippen LogP contribution in [0.2, 0.25) is 0 Å². The molecule has 0 radical (unpaired) electrons. The second-order valence-electron chi connectivity index (χ2n) is 10.2. The Hall–Kier alpha value is -2.59. The topological polar surface area (TPSA) is 86.6 Å². The highest BCUT2D eigenvalue weighted by atomic mass is 32.2. The Balaban J connectivity index is 1.34. The highest BCUT2D eigenvalue weighted by molar-refractivity contribution is 7.99. The molecule has 2 amide bonds. The largest absolute Gasteiger partial charge is 0.350 e. The maximum Gasteiger partial charge on any atom is 0.234 e. The summed E-state index contributed by atoms with van der Waals surface area (Å²) >= 11 is 1.44. The first kappa shape index (κ1) is 25.5. The molecule has 2 aliphatic rings. The van der Waals surface area contributed by atoms with Gasteiger partial charge < -0.3 is 15.1 Å². The van der Waals surface area contributed by atoms with Crippen molar-refractivity contribution in [3.05, 3.63) is 30.3 Å². The molecule has 190 valence electrons. The smallest absolute Gasteiger partial charge is 0.234 e. The van der Waals surface area contributed by atoms with Crippen LogP contribution in [0.1, 0.15) is 40.0 Å². The van der Waals surface area contributed by atoms with Gasteiger partial charge in [0, 0.05) is 44.8 Å². The molecule has 10 heteroatoms. The number of piperidine rings is 1. The number of carbonyl (C=O) groups is 2. The second kappa shape index (κ2) is 11.4. The van der Waals surface area contributed by atoms with Crippen molar-refractivity contribution >= 4 is 29.5 Å². The van der Waals surface area contributed by atoms with Gasteiger partial charge in [0.1, 0.15) is 0 Å². The lowest BCUT2D eigenvalue weighted by Gasteiger charge is -2.34. The van der Waals surface area contributed by atoms with Crippen LogP contribution in [0.3, 0.4) is 0 Å². The third kappa shape index (κ3) is 6.98. The molecule has 1 aromatic heterocycles. The molecule has 35 heavy (non-hydrogen) atoms. The van der Waals surface area contributed by atoms with E-state index < -0.39 is 0 Å². The molecule has 0 saturated carbocycles. The van der Waals surface area contributed by atoms with Gasteiger partial charge in [0.05, 0.1) is 18.0 Å². The summed E-state index contributed by atoms with van der Waals surface area (Å²) in [4.78, 5) is 31.5. The fraction of sp³-hybridized carbons (Fsp3) is 0.600. The van der Waals surface area contributed by atoms with E-state index in [1.54, 1.807) is 0 Å². The Morgan fingerprint density at radius 1 is 0.943 bits per heavy atom. The molecule has 3 heterocycles. The van der Waals surface area contributed by atoms with E-state index in [4.69, 9.17) is 0 Å². The van der Waals surface area contributed by atoms with Crippen LogP contribution in [-0.2, 0) is 9.59 Å². The van der Waals surface area contributed by atoms with Gasteiger partial charge in [-0.1, -0.05) is 30.0 Å². The van der Waals surface area contributed by atoms with Gasteiger partial charge >= 0.3 is 0 Å². The number of piperazine rings is 1. The summed E-state index contributed by atoms with van der Waals surface area (Å²) in [6, 6.07) is 10.1. The molecule has 2 saturated heterocycles. The zero-order valence-electron chi connectivity index (χ0n) is 21.1. The third-order valence-corrected chi connectivity index (χ3v) is 7.11. The summed E-state index contributed by atoms with van der Waals surface area (Å²) in [5, 5.41) is 12.7. The molecule has 2 fully saturated rings. The van der Waals surface area contributed by atoms with Gasteiger partial charge in [0.2, 0.25) is 17.8 Å². The number of anilines is 1. The molecule has 0 spiro atoms. The SMILES string of the molecule is CC(C)(C)NC(=O)CN1CCN(C(=O)CSc2nnc(N3CCCCC3)n2-c2ccccc2)CC1. The lowest BCUT2D eigenvalue weighted by molar-refractivity contribution is -0.130. The van der Waals surface area contributed by atoms with E-state index in [-0.39, 0.29) is 17.4 Å². The monoisotopic (exact) mass is 499 g/mol. The van der Waals surface area contributed by atoms with Crippen molar-refractivity contribution in [1.82, 2.24) is 29.9 Å². The fourth-order valence-electron chi connectivity index (χ4n) is 4.49. The summed E-state index contributed by atoms with van der Waals surface area (Å²) in [7, 11) is 0. The third-order valence-electron chi connectivity index (χ3n) is 6.20. The minimum Gasteiger partial charge on any atom is -0.350 e. The molecule has 1 N–H and O–H groups in total. The van der Waals surface area contributed by atoms with Crippen LogP contribution >= 0.6 is 11.8 Å². The number of benzene rings is 1. The Morgan fingerprint density at radius 3 is 2.29 bits per heavy atom. The molecule has 0 atom stereocenters. The Bertz CT molecular complexity index is 991. The van der Waals surface area contributed by atoms with Gasteiger partial charge in [0.25, 0.3) is 0 Å². The van der Waals surface area contributed by atoms with E-state index in [9.17, 15) is 9.59 Å². The maximum absolute atomic E-state index is 13.0. The average molecular weight is 500 g/mol. The highest BCUT2D eigenvalue weighted by Gasteiger charge is 2.26. The zero-order chi connectivity index (χ0) is 24.8. The number of nitrogens with one attached hydrogen (secondary N) is 1. The Kier molecular flexibility index (Phi) is 8.33. The minimum absolute atomic E-state index is 0.0255. The first-order chi connectivity index (χ1) is 16.8. The van der Waals surface area contributed by atoms with Crippen molar-refractivity contribution in [2.75, 3.05) is 56.5 Å². The molecule has 1 aromatic carbocycles. The standard InChI is InChI=1S/C25H37N7O2S/c1-25(2,3)26-21(33)18-29-14-16-30(17-15-29)22(34)19-35-24-28-27-23(31-12-8-5-9-13-31)32(24)20-10-6-4-7-11-20/h4,6-7,10-11H,5,8-9,12-19H2,1-3H3,(H,26,33). The molecular weight excluding hydrogens is 462 g/mol. The lowest BCUT2D eigenvalue weighted by atomic mass is 10.1. The lowest BCUT2D eigenvalue weighted by Crippen LogP contribution is -2.53. The summed E-state index contributed by atoms with van der Waals surface area (Å²) in [5.41, 5.74) is 0.774. The van der Waals surface area contributed by atoms with Crippen LogP contribution in [-0.4, -0.2) is 93.5 Å². The maximum atomic E-state index is 13.0. The number of hydrogen-bond donors (Lipinski definition) is 1. The molecular formula is C25H37N7O2S. The number of carbonyl (C=O) groups excluding carboxylic acids is 2. The number of rotatable bonds is 7. The van der Waals surface area contributed by atoms with Crippen molar-refractivity contribution < 1.29 is 9.59 Å². The van der Waals surface area contributed by atoms with E-state index >= 15 is 0 Å². The number of thioether (sulfide) groups is 1. The zero-order valence-corrected chi connectivity index (χ0v) is 21.9. The van der Waals surface area contributed by atoms with Crippen LogP contribution in [0.5, 0.6) is 0 Å². The van der Waals surface area contributed by atoms with Crippen molar-refractivity contribution in [2.45, 2.75) is 50.7 Å². The Labute approximate surface area is 212 Å². The molecule has 2 aliphatic heterocycles. The molecule has 9 nitrogen and oxygen atoms in total. The average Bonchev–Trinajstić information content (AvgIpc) is 3.27. The van der Waals surface area contributed by atoms with Gasteiger partial charge in [-0.15, -0.1) is 10.2 Å². The number of para-hydroxylation sites is 1. The van der Waals surface area contributed by atoms with E-state index in [2.05, 4.69) is 42.0 Å². The minimum atomic E-state index is -0.236. The number of aromatic nitrogens is 3. The Morgan fingerprint density at radius 2 is 1.63 bits per heavy atom. The highest BCUT2D eigenvalue weighted by Crippen LogP contribution is 2.28. The van der Waals surface area contributed by atoms with Crippen molar-refractivity contribution in [2.24, 2.45) is 0 Å². The molecule has 0 bridgehead atoms. The van der Waals surface area contributed by atoms with Gasteiger partial charge in [-0.3, -0.25) is 19.1 Å². The normalized spacial score (nSPS) is 17.5. The molecule has 2 aromatic rings. The van der Waals surface area contributed by atoms with Gasteiger partial charge in [-0.25, -0.2) is 0 Å². The van der Waals surface area contributed by atoms with E-state index in [1.807, 2.05) is 43.9 Å². The first-order valence-electron chi connectivity index (χ1n) is 12.5. The van der Waals surface area contributed by atoms with Gasteiger partial charge in [0.15, 0.2) is 5.16 Å². The predicted octanol–water partition coefficient (Wildman–Crippen LogP) is 2.41. The van der Waals surface area contributed by atoms with Gasteiger partial charge in [-0.2, -0.15) is 0 Å². The van der Waals surface area contributed by atoms with Crippen molar-refractivity contribution in [1.29, 1.82) is 0 Å². The second-order valence-corrected chi connectivity index (χ2v) is 11.2. The van der Waals surface area contributed by atoms with E-state index in [0.717, 1.165) is 42.7 Å². The quantitative estimate of drug-likeness (QED) is 0.586. The number of hydrogen-bond acceptors (Lipinski definition) is 7.